The molecule has 2 rings (SSSR count). The summed E-state index contributed by atoms with van der Waals surface area (Å²) in [4.78, 5) is 0. The zero-order chi connectivity index (χ0) is 13.8. The molecule has 0 fully saturated rings. The van der Waals surface area contributed by atoms with Crippen molar-refractivity contribution in [3.05, 3.63) is 62.0 Å². The molecule has 0 aliphatic rings. The first kappa shape index (κ1) is 14.6. The SMILES string of the molecule is Cc1cc(Br)ccc1OCc1ccc(CN)cc1Br. The van der Waals surface area contributed by atoms with Gasteiger partial charge < -0.3 is 10.5 Å². The molecule has 0 heterocycles. The van der Waals surface area contributed by atoms with Gasteiger partial charge in [0.2, 0.25) is 0 Å². The Morgan fingerprint density at radius 2 is 1.89 bits per heavy atom. The van der Waals surface area contributed by atoms with Crippen LogP contribution in [-0.4, -0.2) is 0 Å². The molecule has 2 nitrogen and oxygen atoms in total. The van der Waals surface area contributed by atoms with Crippen LogP contribution in [0.2, 0.25) is 0 Å². The Balaban J connectivity index is 2.10. The first-order chi connectivity index (χ1) is 9.10. The molecule has 0 spiro atoms. The summed E-state index contributed by atoms with van der Waals surface area (Å²) in [6.45, 7) is 3.12. The number of hydrogen-bond acceptors (Lipinski definition) is 2. The Morgan fingerprint density at radius 3 is 2.53 bits per heavy atom. The van der Waals surface area contributed by atoms with E-state index in [2.05, 4.69) is 31.9 Å². The van der Waals surface area contributed by atoms with E-state index < -0.39 is 0 Å². The molecular weight excluding hydrogens is 370 g/mol. The Hall–Kier alpha value is -0.840. The van der Waals surface area contributed by atoms with Crippen LogP contribution in [0.15, 0.2) is 45.3 Å². The average molecular weight is 385 g/mol. The quantitative estimate of drug-likeness (QED) is 0.838. The van der Waals surface area contributed by atoms with Gasteiger partial charge in [-0.1, -0.05) is 44.0 Å². The van der Waals surface area contributed by atoms with Gasteiger partial charge in [0.1, 0.15) is 12.4 Å². The van der Waals surface area contributed by atoms with Crippen LogP contribution in [0.3, 0.4) is 0 Å². The maximum atomic E-state index is 5.85. The van der Waals surface area contributed by atoms with Gasteiger partial charge in [0.15, 0.2) is 0 Å². The van der Waals surface area contributed by atoms with Gasteiger partial charge in [-0.05, 0) is 42.3 Å². The second kappa shape index (κ2) is 6.55. The summed E-state index contributed by atoms with van der Waals surface area (Å²) >= 11 is 6.99. The van der Waals surface area contributed by atoms with E-state index in [9.17, 15) is 0 Å². The summed E-state index contributed by atoms with van der Waals surface area (Å²) in [5.41, 5.74) is 8.94. The smallest absolute Gasteiger partial charge is 0.122 e. The molecule has 0 aromatic heterocycles. The Labute approximate surface area is 130 Å². The zero-order valence-corrected chi connectivity index (χ0v) is 13.8. The highest BCUT2D eigenvalue weighted by atomic mass is 79.9. The molecule has 0 saturated heterocycles. The van der Waals surface area contributed by atoms with Crippen molar-refractivity contribution in [2.75, 3.05) is 0 Å². The Morgan fingerprint density at radius 1 is 1.11 bits per heavy atom. The molecule has 0 amide bonds. The average Bonchev–Trinajstić information content (AvgIpc) is 2.39. The minimum Gasteiger partial charge on any atom is -0.489 e. The van der Waals surface area contributed by atoms with Crippen molar-refractivity contribution in [3.8, 4) is 5.75 Å². The molecule has 0 saturated carbocycles. The maximum Gasteiger partial charge on any atom is 0.122 e. The van der Waals surface area contributed by atoms with Gasteiger partial charge >= 0.3 is 0 Å². The second-order valence-electron chi connectivity index (χ2n) is 4.33. The topological polar surface area (TPSA) is 35.2 Å². The molecule has 0 bridgehead atoms. The van der Waals surface area contributed by atoms with Crippen LogP contribution in [0, 0.1) is 6.92 Å². The van der Waals surface area contributed by atoms with E-state index in [4.69, 9.17) is 10.5 Å². The van der Waals surface area contributed by atoms with Crippen LogP contribution < -0.4 is 10.5 Å². The number of hydrogen-bond donors (Lipinski definition) is 1. The van der Waals surface area contributed by atoms with E-state index >= 15 is 0 Å². The van der Waals surface area contributed by atoms with Crippen molar-refractivity contribution < 1.29 is 4.74 Å². The van der Waals surface area contributed by atoms with E-state index in [0.717, 1.165) is 31.4 Å². The molecule has 0 radical (unpaired) electrons. The van der Waals surface area contributed by atoms with Gasteiger partial charge in [-0.3, -0.25) is 0 Å². The number of halogens is 2. The molecule has 19 heavy (non-hydrogen) atoms. The van der Waals surface area contributed by atoms with Crippen LogP contribution in [0.1, 0.15) is 16.7 Å². The molecule has 0 atom stereocenters. The summed E-state index contributed by atoms with van der Waals surface area (Å²) in [7, 11) is 0. The summed E-state index contributed by atoms with van der Waals surface area (Å²) < 4.78 is 7.94. The second-order valence-corrected chi connectivity index (χ2v) is 6.10. The lowest BCUT2D eigenvalue weighted by Gasteiger charge is -2.11. The number of ether oxygens (including phenoxy) is 1. The van der Waals surface area contributed by atoms with Gasteiger partial charge in [-0.15, -0.1) is 0 Å². The predicted molar refractivity (Wildman–Crippen MR) is 85.2 cm³/mol. The van der Waals surface area contributed by atoms with Gasteiger partial charge in [-0.2, -0.15) is 0 Å². The van der Waals surface area contributed by atoms with Gasteiger partial charge in [0.05, 0.1) is 0 Å². The van der Waals surface area contributed by atoms with E-state index in [1.165, 1.54) is 0 Å². The van der Waals surface area contributed by atoms with Crippen LogP contribution in [0.25, 0.3) is 0 Å². The summed E-state index contributed by atoms with van der Waals surface area (Å²) in [5, 5.41) is 0. The lowest BCUT2D eigenvalue weighted by atomic mass is 10.1. The van der Waals surface area contributed by atoms with E-state index in [1.54, 1.807) is 0 Å². The van der Waals surface area contributed by atoms with Gasteiger partial charge in [-0.25, -0.2) is 0 Å². The molecule has 0 aliphatic heterocycles. The van der Waals surface area contributed by atoms with E-state index in [0.29, 0.717) is 13.2 Å². The van der Waals surface area contributed by atoms with Crippen LogP contribution in [-0.2, 0) is 13.2 Å². The van der Waals surface area contributed by atoms with Crippen LogP contribution in [0.5, 0.6) is 5.75 Å². The van der Waals surface area contributed by atoms with Gasteiger partial charge in [0, 0.05) is 21.1 Å². The molecular formula is C15H15Br2NO. The minimum atomic E-state index is 0.536. The molecule has 0 unspecified atom stereocenters. The largest absolute Gasteiger partial charge is 0.489 e. The zero-order valence-electron chi connectivity index (χ0n) is 10.6. The summed E-state index contributed by atoms with van der Waals surface area (Å²) in [6.07, 6.45) is 0. The van der Waals surface area contributed by atoms with Crippen molar-refractivity contribution in [2.45, 2.75) is 20.1 Å². The predicted octanol–water partition coefficient (Wildman–Crippen LogP) is 4.56. The molecule has 2 N–H and O–H groups in total. The fourth-order valence-corrected chi connectivity index (χ4v) is 2.78. The monoisotopic (exact) mass is 383 g/mol. The van der Waals surface area contributed by atoms with Gasteiger partial charge in [0.25, 0.3) is 0 Å². The number of benzene rings is 2. The lowest BCUT2D eigenvalue weighted by Crippen LogP contribution is -2.00. The Bertz CT molecular complexity index is 584. The van der Waals surface area contributed by atoms with Crippen molar-refractivity contribution in [1.29, 1.82) is 0 Å². The normalized spacial score (nSPS) is 10.5. The highest BCUT2D eigenvalue weighted by molar-refractivity contribution is 9.10. The maximum absolute atomic E-state index is 5.85. The standard InChI is InChI=1S/C15H15Br2NO/c1-10-6-13(16)4-5-15(10)19-9-12-3-2-11(8-18)7-14(12)17/h2-7H,8-9,18H2,1H3. The third kappa shape index (κ3) is 3.81. The Kier molecular flexibility index (Phi) is 5.02. The fraction of sp³-hybridized carbons (Fsp3) is 0.200. The summed E-state index contributed by atoms with van der Waals surface area (Å²) in [5.74, 6) is 0.901. The fourth-order valence-electron chi connectivity index (χ4n) is 1.77. The lowest BCUT2D eigenvalue weighted by molar-refractivity contribution is 0.303. The first-order valence-electron chi connectivity index (χ1n) is 5.96. The van der Waals surface area contributed by atoms with E-state index in [-0.39, 0.29) is 0 Å². The highest BCUT2D eigenvalue weighted by Crippen LogP contribution is 2.25. The third-order valence-corrected chi connectivity index (χ3v) is 4.10. The number of aryl methyl sites for hydroxylation is 1. The molecule has 0 aliphatic carbocycles. The molecule has 100 valence electrons. The molecule has 4 heteroatoms. The first-order valence-corrected chi connectivity index (χ1v) is 7.55. The van der Waals surface area contributed by atoms with Crippen LogP contribution >= 0.6 is 31.9 Å². The van der Waals surface area contributed by atoms with E-state index in [1.807, 2.05) is 43.3 Å². The summed E-state index contributed by atoms with van der Waals surface area (Å²) in [6, 6.07) is 12.1. The van der Waals surface area contributed by atoms with Crippen molar-refractivity contribution in [3.63, 3.8) is 0 Å². The molecule has 2 aromatic carbocycles. The third-order valence-electron chi connectivity index (χ3n) is 2.87. The van der Waals surface area contributed by atoms with Crippen LogP contribution in [0.4, 0.5) is 0 Å². The number of rotatable bonds is 4. The highest BCUT2D eigenvalue weighted by Gasteiger charge is 2.04. The minimum absolute atomic E-state index is 0.536. The molecule has 2 aromatic rings. The van der Waals surface area contributed by atoms with Crippen molar-refractivity contribution >= 4 is 31.9 Å². The van der Waals surface area contributed by atoms with Crippen molar-refractivity contribution in [2.24, 2.45) is 5.73 Å². The van der Waals surface area contributed by atoms with Crippen molar-refractivity contribution in [1.82, 2.24) is 0 Å². The number of nitrogens with two attached hydrogens (primary N) is 1.